The Morgan fingerprint density at radius 2 is 1.58 bits per heavy atom. The van der Waals surface area contributed by atoms with Crippen LogP contribution in [0.25, 0.3) is 0 Å². The summed E-state index contributed by atoms with van der Waals surface area (Å²) in [6.07, 6.45) is 1.99. The molecular weight excluding hydrogens is 552 g/mol. The van der Waals surface area contributed by atoms with Gasteiger partial charge in [-0.1, -0.05) is 27.7 Å². The van der Waals surface area contributed by atoms with Gasteiger partial charge in [-0.15, -0.1) is 0 Å². The number of aryl methyl sites for hydroxylation is 1. The lowest BCUT2D eigenvalue weighted by Crippen LogP contribution is -2.48. The second-order valence-corrected chi connectivity index (χ2v) is 11.2. The molecule has 2 amide bonds. The summed E-state index contributed by atoms with van der Waals surface area (Å²) in [4.78, 5) is 37.0. The fourth-order valence-corrected chi connectivity index (χ4v) is 4.91. The maximum Gasteiger partial charge on any atom is 0.253 e. The van der Waals surface area contributed by atoms with Gasteiger partial charge in [-0.25, -0.2) is 18.7 Å². The average molecular weight is 596 g/mol. The normalized spacial score (nSPS) is 12.7. The lowest BCUT2D eigenvalue weighted by atomic mass is 9.99. The second-order valence-electron chi connectivity index (χ2n) is 11.2. The van der Waals surface area contributed by atoms with Gasteiger partial charge in [0, 0.05) is 49.1 Å². The molecule has 3 aromatic rings. The largest absolute Gasteiger partial charge is 0.390 e. The minimum atomic E-state index is -1.11. The van der Waals surface area contributed by atoms with Gasteiger partial charge in [0.1, 0.15) is 18.0 Å². The van der Waals surface area contributed by atoms with Crippen LogP contribution in [0.1, 0.15) is 89.7 Å². The summed E-state index contributed by atoms with van der Waals surface area (Å²) >= 11 is 0. The minimum Gasteiger partial charge on any atom is -0.390 e. The fraction of sp³-hybridized carbons (Fsp3) is 0.455. The van der Waals surface area contributed by atoms with E-state index in [2.05, 4.69) is 20.6 Å². The molecule has 0 fully saturated rings. The van der Waals surface area contributed by atoms with Crippen molar-refractivity contribution in [1.29, 1.82) is 0 Å². The van der Waals surface area contributed by atoms with Crippen LogP contribution in [0.15, 0.2) is 48.8 Å². The molecule has 1 heterocycles. The van der Waals surface area contributed by atoms with E-state index >= 15 is 0 Å². The van der Waals surface area contributed by atoms with Crippen molar-refractivity contribution in [2.45, 2.75) is 78.5 Å². The number of rotatable bonds is 15. The Labute approximate surface area is 252 Å². The zero-order chi connectivity index (χ0) is 31.5. The van der Waals surface area contributed by atoms with E-state index in [1.807, 2.05) is 33.8 Å². The average Bonchev–Trinajstić information content (AvgIpc) is 2.95. The number of hydrogen-bond acceptors (Lipinski definition) is 6. The number of aromatic nitrogens is 2. The zero-order valence-electron chi connectivity index (χ0n) is 25.7. The quantitative estimate of drug-likeness (QED) is 0.230. The Balaban J connectivity index is 1.80. The third-order valence-corrected chi connectivity index (χ3v) is 7.02. The Morgan fingerprint density at radius 3 is 2.21 bits per heavy atom. The summed E-state index contributed by atoms with van der Waals surface area (Å²) in [5, 5.41) is 17.1. The van der Waals surface area contributed by atoms with Gasteiger partial charge in [0.15, 0.2) is 0 Å². The summed E-state index contributed by atoms with van der Waals surface area (Å²) in [7, 11) is 0. The first-order valence-corrected chi connectivity index (χ1v) is 14.9. The summed E-state index contributed by atoms with van der Waals surface area (Å²) in [6, 6.07) is 9.09. The molecule has 0 aliphatic carbocycles. The van der Waals surface area contributed by atoms with Gasteiger partial charge >= 0.3 is 0 Å². The molecule has 10 heteroatoms. The van der Waals surface area contributed by atoms with Crippen molar-refractivity contribution in [1.82, 2.24) is 25.5 Å². The van der Waals surface area contributed by atoms with Crippen LogP contribution in [0.3, 0.4) is 0 Å². The smallest absolute Gasteiger partial charge is 0.253 e. The SMILES string of the molecule is CCCN(CCC)C(=O)c1cc(C)cc(C(=O)N[C@@H](Cc2cc(F)cc(F)c2)[C@H](O)CNCc2cc(C(C)C)ncn2)c1. The molecule has 3 rings (SSSR count). The number of carbonyl (C=O) groups excluding carboxylic acids is 2. The lowest BCUT2D eigenvalue weighted by molar-refractivity contribution is 0.0755. The zero-order valence-corrected chi connectivity index (χ0v) is 25.7. The molecule has 0 saturated heterocycles. The number of carbonyl (C=O) groups is 2. The van der Waals surface area contributed by atoms with Crippen LogP contribution >= 0.6 is 0 Å². The van der Waals surface area contributed by atoms with E-state index < -0.39 is 29.7 Å². The van der Waals surface area contributed by atoms with E-state index in [4.69, 9.17) is 0 Å². The number of halogens is 2. The van der Waals surface area contributed by atoms with E-state index in [9.17, 15) is 23.5 Å². The molecule has 1 aromatic heterocycles. The van der Waals surface area contributed by atoms with Gasteiger partial charge in [-0.2, -0.15) is 0 Å². The molecule has 0 saturated carbocycles. The van der Waals surface area contributed by atoms with Crippen molar-refractivity contribution >= 4 is 11.8 Å². The van der Waals surface area contributed by atoms with Crippen LogP contribution in [0.4, 0.5) is 8.78 Å². The molecule has 2 atom stereocenters. The summed E-state index contributed by atoms with van der Waals surface area (Å²) in [5.74, 6) is -1.92. The fourth-order valence-electron chi connectivity index (χ4n) is 4.91. The molecule has 232 valence electrons. The molecule has 2 aromatic carbocycles. The molecule has 0 aliphatic heterocycles. The van der Waals surface area contributed by atoms with Gasteiger partial charge in [-0.05, 0) is 79.6 Å². The molecule has 3 N–H and O–H groups in total. The predicted molar refractivity (Wildman–Crippen MR) is 163 cm³/mol. The number of nitrogens with zero attached hydrogens (tertiary/aromatic N) is 3. The molecule has 0 unspecified atom stereocenters. The number of amides is 2. The van der Waals surface area contributed by atoms with E-state index in [1.54, 1.807) is 30.0 Å². The van der Waals surface area contributed by atoms with Crippen LogP contribution in [0.5, 0.6) is 0 Å². The van der Waals surface area contributed by atoms with Gasteiger partial charge < -0.3 is 20.6 Å². The lowest BCUT2D eigenvalue weighted by Gasteiger charge is -2.25. The maximum atomic E-state index is 14.0. The first kappa shape index (κ1) is 33.7. The van der Waals surface area contributed by atoms with Crippen LogP contribution < -0.4 is 10.6 Å². The van der Waals surface area contributed by atoms with Crippen molar-refractivity contribution < 1.29 is 23.5 Å². The van der Waals surface area contributed by atoms with Crippen molar-refractivity contribution in [3.8, 4) is 0 Å². The predicted octanol–water partition coefficient (Wildman–Crippen LogP) is 4.94. The Hall–Kier alpha value is -3.76. The Kier molecular flexibility index (Phi) is 12.7. The Morgan fingerprint density at radius 1 is 0.930 bits per heavy atom. The van der Waals surface area contributed by atoms with E-state index in [0.717, 1.165) is 35.9 Å². The molecule has 0 spiro atoms. The van der Waals surface area contributed by atoms with Crippen molar-refractivity contribution in [3.05, 3.63) is 94.1 Å². The molecule has 0 bridgehead atoms. The minimum absolute atomic E-state index is 0.0212. The maximum absolute atomic E-state index is 14.0. The van der Waals surface area contributed by atoms with E-state index in [0.29, 0.717) is 25.2 Å². The molecule has 43 heavy (non-hydrogen) atoms. The van der Waals surface area contributed by atoms with Gasteiger partial charge in [0.2, 0.25) is 0 Å². The molecule has 8 nitrogen and oxygen atoms in total. The second kappa shape index (κ2) is 16.2. The van der Waals surface area contributed by atoms with Crippen LogP contribution in [0.2, 0.25) is 0 Å². The highest BCUT2D eigenvalue weighted by molar-refractivity contribution is 6.00. The highest BCUT2D eigenvalue weighted by Crippen LogP contribution is 2.16. The van der Waals surface area contributed by atoms with Crippen molar-refractivity contribution in [3.63, 3.8) is 0 Å². The Bertz CT molecular complexity index is 1360. The topological polar surface area (TPSA) is 107 Å². The van der Waals surface area contributed by atoms with Crippen LogP contribution in [-0.4, -0.2) is 63.6 Å². The monoisotopic (exact) mass is 595 g/mol. The first-order valence-electron chi connectivity index (χ1n) is 14.9. The number of aliphatic hydroxyl groups excluding tert-OH is 1. The summed E-state index contributed by atoms with van der Waals surface area (Å²) in [6.45, 7) is 11.5. The summed E-state index contributed by atoms with van der Waals surface area (Å²) < 4.78 is 28.0. The number of hydrogen-bond donors (Lipinski definition) is 3. The first-order chi connectivity index (χ1) is 20.5. The van der Waals surface area contributed by atoms with Gasteiger partial charge in [-0.3, -0.25) is 9.59 Å². The molecule has 0 aliphatic rings. The molecular formula is C33H43F2N5O3. The van der Waals surface area contributed by atoms with Crippen LogP contribution in [-0.2, 0) is 13.0 Å². The number of benzene rings is 2. The number of aliphatic hydroxyl groups is 1. The standard InChI is InChI=1S/C33H43F2N5O3/c1-6-8-40(9-7-2)33(43)25-11-22(5)10-24(15-25)32(42)39-30(14-23-12-26(34)16-27(35)13-23)31(41)19-36-18-28-17-29(21(3)4)38-20-37-28/h10-13,15-17,20-21,30-31,36,41H,6-9,14,18-19H2,1-5H3,(H,39,42)/t30-,31+/m0/s1. The highest BCUT2D eigenvalue weighted by atomic mass is 19.1. The van der Waals surface area contributed by atoms with Gasteiger partial charge in [0.05, 0.1) is 17.8 Å². The van der Waals surface area contributed by atoms with Crippen molar-refractivity contribution in [2.24, 2.45) is 0 Å². The van der Waals surface area contributed by atoms with E-state index in [-0.39, 0.29) is 35.9 Å². The molecule has 0 radical (unpaired) electrons. The van der Waals surface area contributed by atoms with E-state index in [1.165, 1.54) is 18.5 Å². The highest BCUT2D eigenvalue weighted by Gasteiger charge is 2.24. The third-order valence-electron chi connectivity index (χ3n) is 7.02. The van der Waals surface area contributed by atoms with Crippen molar-refractivity contribution in [2.75, 3.05) is 19.6 Å². The van der Waals surface area contributed by atoms with Crippen LogP contribution in [0, 0.1) is 18.6 Å². The van der Waals surface area contributed by atoms with Gasteiger partial charge in [0.25, 0.3) is 11.8 Å². The summed E-state index contributed by atoms with van der Waals surface area (Å²) in [5.41, 5.74) is 3.33. The number of nitrogens with one attached hydrogen (secondary N) is 2. The third kappa shape index (κ3) is 10.2.